The number of methoxy groups -OCH3 is 2. The van der Waals surface area contributed by atoms with Gasteiger partial charge in [-0.2, -0.15) is 0 Å². The van der Waals surface area contributed by atoms with Crippen molar-refractivity contribution in [3.63, 3.8) is 0 Å². The molecular weight excluding hydrogens is 266 g/mol. The lowest BCUT2D eigenvalue weighted by atomic mass is 10.1. The zero-order chi connectivity index (χ0) is 13.8. The molecule has 0 saturated carbocycles. The van der Waals surface area contributed by atoms with Gasteiger partial charge in [-0.05, 0) is 18.2 Å². The van der Waals surface area contributed by atoms with Crippen molar-refractivity contribution in [3.05, 3.63) is 47.1 Å². The fourth-order valence-corrected chi connectivity index (χ4v) is 1.94. The van der Waals surface area contributed by atoms with Gasteiger partial charge in [0.2, 0.25) is 0 Å². The van der Waals surface area contributed by atoms with Gasteiger partial charge < -0.3 is 9.47 Å². The zero-order valence-corrected chi connectivity index (χ0v) is 11.3. The molecule has 0 fully saturated rings. The van der Waals surface area contributed by atoms with Crippen LogP contribution in [0.5, 0.6) is 5.75 Å². The average Bonchev–Trinajstić information content (AvgIpc) is 2.47. The van der Waals surface area contributed by atoms with Gasteiger partial charge in [0.1, 0.15) is 5.75 Å². The lowest BCUT2D eigenvalue weighted by Crippen LogP contribution is -2.03. The number of carbonyl (C=O) groups excluding carboxylic acids is 1. The molecule has 1 heterocycles. The molecule has 0 unspecified atom stereocenters. The highest BCUT2D eigenvalue weighted by molar-refractivity contribution is 6.34. The van der Waals surface area contributed by atoms with E-state index in [0.717, 1.165) is 0 Å². The van der Waals surface area contributed by atoms with Crippen molar-refractivity contribution < 1.29 is 14.3 Å². The highest BCUT2D eigenvalue weighted by atomic mass is 35.5. The number of ether oxygens (including phenoxy) is 2. The van der Waals surface area contributed by atoms with E-state index in [9.17, 15) is 4.79 Å². The Bertz CT molecular complexity index is 599. The largest absolute Gasteiger partial charge is 0.496 e. The van der Waals surface area contributed by atoms with E-state index >= 15 is 0 Å². The molecule has 0 aliphatic heterocycles. The normalized spacial score (nSPS) is 10.1. The van der Waals surface area contributed by atoms with Gasteiger partial charge in [-0.3, -0.25) is 4.98 Å². The summed E-state index contributed by atoms with van der Waals surface area (Å²) in [5.74, 6) is 0.0567. The van der Waals surface area contributed by atoms with Crippen LogP contribution in [0.2, 0.25) is 5.02 Å². The number of benzene rings is 1. The highest BCUT2D eigenvalue weighted by Gasteiger charge is 2.17. The van der Waals surface area contributed by atoms with Crippen molar-refractivity contribution in [2.45, 2.75) is 0 Å². The van der Waals surface area contributed by atoms with E-state index in [1.165, 1.54) is 14.2 Å². The predicted octanol–water partition coefficient (Wildman–Crippen LogP) is 3.20. The lowest BCUT2D eigenvalue weighted by Gasteiger charge is -2.11. The van der Waals surface area contributed by atoms with Gasteiger partial charge in [0.15, 0.2) is 0 Å². The van der Waals surface area contributed by atoms with E-state index in [1.54, 1.807) is 18.3 Å². The first kappa shape index (κ1) is 13.4. The van der Waals surface area contributed by atoms with Crippen molar-refractivity contribution in [1.29, 1.82) is 0 Å². The molecule has 0 bridgehead atoms. The van der Waals surface area contributed by atoms with Crippen molar-refractivity contribution in [3.8, 4) is 17.0 Å². The molecule has 1 aromatic heterocycles. The fourth-order valence-electron chi connectivity index (χ4n) is 1.71. The Hall–Kier alpha value is -2.07. The molecule has 2 aromatic rings. The number of hydrogen-bond acceptors (Lipinski definition) is 4. The number of hydrogen-bond donors (Lipinski definition) is 0. The molecule has 0 spiro atoms. The van der Waals surface area contributed by atoms with Crippen LogP contribution < -0.4 is 4.74 Å². The molecule has 1 aromatic carbocycles. The average molecular weight is 278 g/mol. The van der Waals surface area contributed by atoms with E-state index in [2.05, 4.69) is 4.98 Å². The third kappa shape index (κ3) is 2.69. The second-order valence-corrected chi connectivity index (χ2v) is 4.15. The summed E-state index contributed by atoms with van der Waals surface area (Å²) in [6, 6.07) is 8.70. The molecule has 0 aliphatic rings. The van der Waals surface area contributed by atoms with Gasteiger partial charge in [0, 0.05) is 17.8 Å². The van der Waals surface area contributed by atoms with Crippen LogP contribution in [0, 0.1) is 0 Å². The second-order valence-electron chi connectivity index (χ2n) is 3.74. The summed E-state index contributed by atoms with van der Waals surface area (Å²) in [6.45, 7) is 0. The van der Waals surface area contributed by atoms with E-state index in [0.29, 0.717) is 17.0 Å². The third-order valence-electron chi connectivity index (χ3n) is 2.64. The SMILES string of the molecule is COC(=O)c1cc(-c2ccccn2)c(OC)cc1Cl. The van der Waals surface area contributed by atoms with Crippen LogP contribution >= 0.6 is 11.6 Å². The first-order chi connectivity index (χ1) is 9.17. The number of halogens is 1. The molecule has 98 valence electrons. The van der Waals surface area contributed by atoms with Gasteiger partial charge in [-0.1, -0.05) is 17.7 Å². The quantitative estimate of drug-likeness (QED) is 0.809. The molecule has 0 N–H and O–H groups in total. The first-order valence-corrected chi connectivity index (χ1v) is 5.92. The van der Waals surface area contributed by atoms with E-state index in [1.807, 2.05) is 18.2 Å². The van der Waals surface area contributed by atoms with E-state index in [4.69, 9.17) is 21.1 Å². The standard InChI is InChI=1S/C14H12ClNO3/c1-18-13-8-11(15)9(14(17)19-2)7-10(13)12-5-3-4-6-16-12/h3-8H,1-2H3. The first-order valence-electron chi connectivity index (χ1n) is 5.54. The van der Waals surface area contributed by atoms with Crippen LogP contribution in [-0.4, -0.2) is 25.2 Å². The molecule has 0 aliphatic carbocycles. The summed E-state index contributed by atoms with van der Waals surface area (Å²) in [5.41, 5.74) is 1.67. The minimum absolute atomic E-state index is 0.281. The molecule has 0 saturated heterocycles. The van der Waals surface area contributed by atoms with Crippen LogP contribution in [0.4, 0.5) is 0 Å². The molecule has 19 heavy (non-hydrogen) atoms. The van der Waals surface area contributed by atoms with Crippen LogP contribution in [0.1, 0.15) is 10.4 Å². The Morgan fingerprint density at radius 1 is 1.26 bits per heavy atom. The minimum atomic E-state index is -0.496. The maximum atomic E-state index is 11.6. The van der Waals surface area contributed by atoms with Crippen LogP contribution in [0.25, 0.3) is 11.3 Å². The molecule has 0 atom stereocenters. The number of aromatic nitrogens is 1. The van der Waals surface area contributed by atoms with Crippen molar-refractivity contribution in [1.82, 2.24) is 4.98 Å². The second kappa shape index (κ2) is 5.71. The Morgan fingerprint density at radius 2 is 2.05 bits per heavy atom. The molecule has 2 rings (SSSR count). The maximum absolute atomic E-state index is 11.6. The van der Waals surface area contributed by atoms with Crippen molar-refractivity contribution in [2.75, 3.05) is 14.2 Å². The predicted molar refractivity (Wildman–Crippen MR) is 72.6 cm³/mol. The van der Waals surface area contributed by atoms with Crippen molar-refractivity contribution in [2.24, 2.45) is 0 Å². The molecule has 5 heteroatoms. The van der Waals surface area contributed by atoms with Gasteiger partial charge >= 0.3 is 5.97 Å². The smallest absolute Gasteiger partial charge is 0.339 e. The van der Waals surface area contributed by atoms with Crippen LogP contribution in [0.15, 0.2) is 36.5 Å². The summed E-state index contributed by atoms with van der Waals surface area (Å²) in [6.07, 6.45) is 1.67. The van der Waals surface area contributed by atoms with Crippen LogP contribution in [-0.2, 0) is 4.74 Å². The molecule has 0 amide bonds. The number of esters is 1. The lowest BCUT2D eigenvalue weighted by molar-refractivity contribution is 0.0601. The monoisotopic (exact) mass is 277 g/mol. The summed E-state index contributed by atoms with van der Waals surface area (Å²) < 4.78 is 9.97. The number of pyridine rings is 1. The summed E-state index contributed by atoms with van der Waals surface area (Å²) in [7, 11) is 2.85. The van der Waals surface area contributed by atoms with Gasteiger partial charge in [0.25, 0.3) is 0 Å². The fraction of sp³-hybridized carbons (Fsp3) is 0.143. The maximum Gasteiger partial charge on any atom is 0.339 e. The number of rotatable bonds is 3. The number of nitrogens with zero attached hydrogens (tertiary/aromatic N) is 1. The zero-order valence-electron chi connectivity index (χ0n) is 10.5. The molecular formula is C14H12ClNO3. The Morgan fingerprint density at radius 3 is 2.63 bits per heavy atom. The van der Waals surface area contributed by atoms with E-state index < -0.39 is 5.97 Å². The molecule has 4 nitrogen and oxygen atoms in total. The third-order valence-corrected chi connectivity index (χ3v) is 2.95. The van der Waals surface area contributed by atoms with Gasteiger partial charge in [0.05, 0.1) is 30.5 Å². The van der Waals surface area contributed by atoms with Crippen molar-refractivity contribution >= 4 is 17.6 Å². The minimum Gasteiger partial charge on any atom is -0.496 e. The molecule has 0 radical (unpaired) electrons. The highest BCUT2D eigenvalue weighted by Crippen LogP contribution is 2.34. The summed E-state index contributed by atoms with van der Waals surface area (Å²) in [4.78, 5) is 15.9. The topological polar surface area (TPSA) is 48.4 Å². The Balaban J connectivity index is 2.62. The van der Waals surface area contributed by atoms with Gasteiger partial charge in [-0.15, -0.1) is 0 Å². The summed E-state index contributed by atoms with van der Waals surface area (Å²) in [5, 5.41) is 0.281. The van der Waals surface area contributed by atoms with Gasteiger partial charge in [-0.25, -0.2) is 4.79 Å². The summed E-state index contributed by atoms with van der Waals surface area (Å²) >= 11 is 6.04. The number of carbonyl (C=O) groups is 1. The Labute approximate surface area is 115 Å². The Kier molecular flexibility index (Phi) is 4.02. The van der Waals surface area contributed by atoms with E-state index in [-0.39, 0.29) is 10.6 Å². The van der Waals surface area contributed by atoms with Crippen LogP contribution in [0.3, 0.4) is 0 Å².